The van der Waals surface area contributed by atoms with Gasteiger partial charge >= 0.3 is 5.76 Å². The lowest BCUT2D eigenvalue weighted by atomic mass is 10.0. The maximum atomic E-state index is 11.4. The molecule has 144 valence electrons. The molecule has 2 heterocycles. The quantitative estimate of drug-likeness (QED) is 0.538. The summed E-state index contributed by atoms with van der Waals surface area (Å²) in [6.07, 6.45) is 0.449. The number of nitrogens with zero attached hydrogens (tertiary/aromatic N) is 2. The first-order valence-corrected chi connectivity index (χ1v) is 8.41. The molecule has 0 fully saturated rings. The summed E-state index contributed by atoms with van der Waals surface area (Å²) in [6, 6.07) is 7.23. The fraction of sp³-hybridized carbons (Fsp3) is 0.211. The number of nitrogen functional groups attached to an aromatic ring is 1. The SMILES string of the molecule is COc1cc2c(Cc3ccc4oc(=O)[nH]c4c3)nc(N)nc2c(OC)c1OC. The lowest BCUT2D eigenvalue weighted by Crippen LogP contribution is -2.04. The van der Waals surface area contributed by atoms with Crippen LogP contribution in [0.3, 0.4) is 0 Å². The van der Waals surface area contributed by atoms with Gasteiger partial charge < -0.3 is 24.4 Å². The Kier molecular flexibility index (Phi) is 4.26. The van der Waals surface area contributed by atoms with Crippen molar-refractivity contribution in [2.45, 2.75) is 6.42 Å². The molecule has 2 aromatic carbocycles. The predicted molar refractivity (Wildman–Crippen MR) is 103 cm³/mol. The van der Waals surface area contributed by atoms with Gasteiger partial charge in [-0.05, 0) is 23.8 Å². The van der Waals surface area contributed by atoms with Crippen LogP contribution in [0.2, 0.25) is 0 Å². The molecule has 0 bridgehead atoms. The number of nitrogens with two attached hydrogens (primary N) is 1. The third-order valence-electron chi connectivity index (χ3n) is 4.45. The van der Waals surface area contributed by atoms with E-state index in [1.807, 2.05) is 12.1 Å². The van der Waals surface area contributed by atoms with Crippen LogP contribution >= 0.6 is 0 Å². The third kappa shape index (κ3) is 2.86. The highest BCUT2D eigenvalue weighted by atomic mass is 16.5. The molecule has 4 aromatic rings. The maximum absolute atomic E-state index is 11.4. The van der Waals surface area contributed by atoms with Crippen molar-refractivity contribution in [2.24, 2.45) is 0 Å². The average Bonchev–Trinajstić information content (AvgIpc) is 3.05. The average molecular weight is 382 g/mol. The van der Waals surface area contributed by atoms with Crippen LogP contribution in [-0.2, 0) is 6.42 Å². The van der Waals surface area contributed by atoms with Gasteiger partial charge in [0, 0.05) is 11.8 Å². The number of rotatable bonds is 5. The third-order valence-corrected chi connectivity index (χ3v) is 4.45. The molecule has 0 radical (unpaired) electrons. The van der Waals surface area contributed by atoms with Gasteiger partial charge in [-0.15, -0.1) is 0 Å². The zero-order valence-electron chi connectivity index (χ0n) is 15.5. The number of hydrogen-bond acceptors (Lipinski definition) is 8. The Labute approximate surface area is 159 Å². The highest BCUT2D eigenvalue weighted by Crippen LogP contribution is 2.43. The number of oxazole rings is 1. The van der Waals surface area contributed by atoms with Crippen molar-refractivity contribution < 1.29 is 18.6 Å². The van der Waals surface area contributed by atoms with Crippen LogP contribution < -0.4 is 25.7 Å². The molecule has 0 spiro atoms. The lowest BCUT2D eigenvalue weighted by Gasteiger charge is -2.16. The van der Waals surface area contributed by atoms with Crippen LogP contribution in [0.1, 0.15) is 11.3 Å². The number of hydrogen-bond donors (Lipinski definition) is 2. The lowest BCUT2D eigenvalue weighted by molar-refractivity contribution is 0.327. The van der Waals surface area contributed by atoms with Gasteiger partial charge in [0.25, 0.3) is 0 Å². The van der Waals surface area contributed by atoms with E-state index in [-0.39, 0.29) is 5.95 Å². The normalized spacial score (nSPS) is 11.1. The number of nitrogens with one attached hydrogen (secondary N) is 1. The number of ether oxygens (including phenoxy) is 3. The summed E-state index contributed by atoms with van der Waals surface area (Å²) in [5.74, 6) is 0.966. The number of aromatic amines is 1. The zero-order chi connectivity index (χ0) is 19.8. The molecule has 0 aliphatic rings. The van der Waals surface area contributed by atoms with Crippen molar-refractivity contribution in [2.75, 3.05) is 27.1 Å². The first-order chi connectivity index (χ1) is 13.5. The smallest absolute Gasteiger partial charge is 0.417 e. The molecule has 0 amide bonds. The maximum Gasteiger partial charge on any atom is 0.417 e. The summed E-state index contributed by atoms with van der Waals surface area (Å²) in [5.41, 5.74) is 9.19. The first kappa shape index (κ1) is 17.7. The molecule has 0 aliphatic heterocycles. The molecule has 0 atom stereocenters. The molecule has 2 aromatic heterocycles. The summed E-state index contributed by atoms with van der Waals surface area (Å²) >= 11 is 0. The van der Waals surface area contributed by atoms with Gasteiger partial charge in [0.05, 0.1) is 32.5 Å². The molecule has 9 heteroatoms. The molecule has 0 aliphatic carbocycles. The van der Waals surface area contributed by atoms with Crippen LogP contribution in [0.4, 0.5) is 5.95 Å². The van der Waals surface area contributed by atoms with E-state index < -0.39 is 5.76 Å². The molecule has 9 nitrogen and oxygen atoms in total. The molecule has 28 heavy (non-hydrogen) atoms. The molecule has 4 rings (SSSR count). The van der Waals surface area contributed by atoms with Gasteiger partial charge in [-0.3, -0.25) is 4.98 Å². The highest BCUT2D eigenvalue weighted by Gasteiger charge is 2.20. The second kappa shape index (κ2) is 6.76. The van der Waals surface area contributed by atoms with Crippen LogP contribution in [0, 0.1) is 0 Å². The highest BCUT2D eigenvalue weighted by molar-refractivity contribution is 5.92. The van der Waals surface area contributed by atoms with Crippen molar-refractivity contribution in [1.82, 2.24) is 15.0 Å². The first-order valence-electron chi connectivity index (χ1n) is 8.41. The van der Waals surface area contributed by atoms with Crippen LogP contribution in [0.5, 0.6) is 17.2 Å². The molecule has 0 unspecified atom stereocenters. The number of aromatic nitrogens is 3. The van der Waals surface area contributed by atoms with E-state index >= 15 is 0 Å². The number of H-pyrrole nitrogens is 1. The minimum Gasteiger partial charge on any atom is -0.493 e. The Hall–Kier alpha value is -3.75. The Balaban J connectivity index is 1.90. The van der Waals surface area contributed by atoms with Gasteiger partial charge in [-0.25, -0.2) is 14.8 Å². The largest absolute Gasteiger partial charge is 0.493 e. The second-order valence-electron chi connectivity index (χ2n) is 6.09. The minimum atomic E-state index is -0.495. The number of anilines is 1. The Morgan fingerprint density at radius 1 is 1.07 bits per heavy atom. The topological polar surface area (TPSA) is 125 Å². The number of fused-ring (bicyclic) bond motifs is 2. The van der Waals surface area contributed by atoms with Crippen molar-refractivity contribution in [3.8, 4) is 17.2 Å². The molecule has 0 saturated heterocycles. The second-order valence-corrected chi connectivity index (χ2v) is 6.09. The van der Waals surface area contributed by atoms with Gasteiger partial charge in [0.15, 0.2) is 17.1 Å². The van der Waals surface area contributed by atoms with Gasteiger partial charge in [0.1, 0.15) is 5.52 Å². The van der Waals surface area contributed by atoms with Gasteiger partial charge in [-0.2, -0.15) is 0 Å². The summed E-state index contributed by atoms with van der Waals surface area (Å²) in [6.45, 7) is 0. The fourth-order valence-corrected chi connectivity index (χ4v) is 3.25. The molecule has 3 N–H and O–H groups in total. The van der Waals surface area contributed by atoms with Crippen molar-refractivity contribution in [3.05, 3.63) is 46.1 Å². The summed E-state index contributed by atoms with van der Waals surface area (Å²) in [5, 5.41) is 0.726. The molecule has 0 saturated carbocycles. The van der Waals surface area contributed by atoms with Crippen molar-refractivity contribution in [1.29, 1.82) is 0 Å². The van der Waals surface area contributed by atoms with Crippen molar-refractivity contribution in [3.63, 3.8) is 0 Å². The van der Waals surface area contributed by atoms with Crippen molar-refractivity contribution >= 4 is 28.0 Å². The predicted octanol–water partition coefficient (Wildman–Crippen LogP) is 2.26. The van der Waals surface area contributed by atoms with Gasteiger partial charge in [0.2, 0.25) is 11.7 Å². The van der Waals surface area contributed by atoms with E-state index in [9.17, 15) is 4.79 Å². The van der Waals surface area contributed by atoms with Crippen LogP contribution in [-0.4, -0.2) is 36.3 Å². The van der Waals surface area contributed by atoms with E-state index in [1.54, 1.807) is 19.2 Å². The Morgan fingerprint density at radius 3 is 2.57 bits per heavy atom. The summed E-state index contributed by atoms with van der Waals surface area (Å²) in [4.78, 5) is 22.8. The Morgan fingerprint density at radius 2 is 1.86 bits per heavy atom. The van der Waals surface area contributed by atoms with E-state index in [0.717, 1.165) is 10.9 Å². The van der Waals surface area contributed by atoms with E-state index in [1.165, 1.54) is 14.2 Å². The van der Waals surface area contributed by atoms with Crippen LogP contribution in [0.25, 0.3) is 22.0 Å². The summed E-state index contributed by atoms with van der Waals surface area (Å²) < 4.78 is 21.4. The Bertz CT molecular complexity index is 1240. The van der Waals surface area contributed by atoms with Crippen LogP contribution in [0.15, 0.2) is 33.5 Å². The minimum absolute atomic E-state index is 0.116. The zero-order valence-corrected chi connectivity index (χ0v) is 15.5. The number of methoxy groups -OCH3 is 3. The van der Waals surface area contributed by atoms with E-state index in [2.05, 4.69) is 15.0 Å². The monoisotopic (exact) mass is 382 g/mol. The van der Waals surface area contributed by atoms with E-state index in [4.69, 9.17) is 24.4 Å². The number of benzene rings is 2. The van der Waals surface area contributed by atoms with Gasteiger partial charge in [-0.1, -0.05) is 6.07 Å². The molecular weight excluding hydrogens is 364 g/mol. The summed E-state index contributed by atoms with van der Waals surface area (Å²) in [7, 11) is 4.60. The standard InChI is InChI=1S/C19H18N4O5/c1-25-14-8-10-11(6-9-4-5-13-12(7-9)22-19(24)28-13)21-18(20)23-15(10)17(27-3)16(14)26-2/h4-5,7-8H,6H2,1-3H3,(H,22,24)(H2,20,21,23). The fourth-order valence-electron chi connectivity index (χ4n) is 3.25. The molecular formula is C19H18N4O5. The van der Waals surface area contributed by atoms with E-state index in [0.29, 0.717) is 46.0 Å².